The van der Waals surface area contributed by atoms with E-state index in [1.807, 2.05) is 24.3 Å². The summed E-state index contributed by atoms with van der Waals surface area (Å²) in [6.45, 7) is 7.92. The highest BCUT2D eigenvalue weighted by Crippen LogP contribution is 2.17. The number of rotatable bonds is 11. The van der Waals surface area contributed by atoms with Crippen LogP contribution in [0.2, 0.25) is 0 Å². The standard InChI is InChI=1S/C22H31NO2/c1-4-5-6-7-15-24-21-13-11-20(12-14-21)23-17-19(3)25-22-10-8-9-18(2)16-22/h8-14,16,19,23H,4-7,15,17H2,1-3H3. The number of hydrogen-bond acceptors (Lipinski definition) is 3. The predicted molar refractivity (Wildman–Crippen MR) is 106 cm³/mol. The van der Waals surface area contributed by atoms with Crippen molar-refractivity contribution in [2.24, 2.45) is 0 Å². The van der Waals surface area contributed by atoms with Crippen molar-refractivity contribution in [1.29, 1.82) is 0 Å². The second-order valence-electron chi connectivity index (χ2n) is 6.56. The van der Waals surface area contributed by atoms with Crippen LogP contribution in [0.4, 0.5) is 5.69 Å². The maximum Gasteiger partial charge on any atom is 0.120 e. The van der Waals surface area contributed by atoms with Gasteiger partial charge in [-0.3, -0.25) is 0 Å². The first kappa shape index (κ1) is 19.2. The van der Waals surface area contributed by atoms with Gasteiger partial charge in [0.25, 0.3) is 0 Å². The minimum Gasteiger partial charge on any atom is -0.494 e. The minimum atomic E-state index is 0.0938. The molecule has 0 heterocycles. The second-order valence-corrected chi connectivity index (χ2v) is 6.56. The van der Waals surface area contributed by atoms with Gasteiger partial charge in [0.1, 0.15) is 17.6 Å². The van der Waals surface area contributed by atoms with Crippen molar-refractivity contribution in [1.82, 2.24) is 0 Å². The Morgan fingerprint density at radius 3 is 2.48 bits per heavy atom. The van der Waals surface area contributed by atoms with Gasteiger partial charge < -0.3 is 14.8 Å². The molecule has 25 heavy (non-hydrogen) atoms. The molecule has 0 radical (unpaired) electrons. The summed E-state index contributed by atoms with van der Waals surface area (Å²) >= 11 is 0. The van der Waals surface area contributed by atoms with Gasteiger partial charge in [0.05, 0.1) is 13.2 Å². The van der Waals surface area contributed by atoms with Crippen molar-refractivity contribution in [3.8, 4) is 11.5 Å². The third-order valence-corrected chi connectivity index (χ3v) is 4.04. The number of hydrogen-bond donors (Lipinski definition) is 1. The third-order valence-electron chi connectivity index (χ3n) is 4.04. The van der Waals surface area contributed by atoms with Crippen LogP contribution in [0.25, 0.3) is 0 Å². The van der Waals surface area contributed by atoms with Crippen LogP contribution in [0.3, 0.4) is 0 Å². The first-order chi connectivity index (χ1) is 12.2. The molecule has 1 unspecified atom stereocenters. The van der Waals surface area contributed by atoms with E-state index in [-0.39, 0.29) is 6.10 Å². The molecule has 0 aromatic heterocycles. The summed E-state index contributed by atoms with van der Waals surface area (Å²) in [7, 11) is 0. The number of nitrogens with one attached hydrogen (secondary N) is 1. The van der Waals surface area contributed by atoms with Gasteiger partial charge in [0, 0.05) is 5.69 Å². The lowest BCUT2D eigenvalue weighted by molar-refractivity contribution is 0.234. The minimum absolute atomic E-state index is 0.0938. The number of unbranched alkanes of at least 4 members (excludes halogenated alkanes) is 3. The fourth-order valence-corrected chi connectivity index (χ4v) is 2.61. The summed E-state index contributed by atoms with van der Waals surface area (Å²) < 4.78 is 11.7. The first-order valence-corrected chi connectivity index (χ1v) is 9.37. The summed E-state index contributed by atoms with van der Waals surface area (Å²) in [6.07, 6.45) is 5.01. The molecule has 0 saturated carbocycles. The van der Waals surface area contributed by atoms with Crippen molar-refractivity contribution in [3.63, 3.8) is 0 Å². The average molecular weight is 341 g/mol. The Balaban J connectivity index is 1.70. The molecule has 1 N–H and O–H groups in total. The monoisotopic (exact) mass is 341 g/mol. The third kappa shape index (κ3) is 7.51. The molecule has 0 fully saturated rings. The Morgan fingerprint density at radius 2 is 1.76 bits per heavy atom. The number of ether oxygens (including phenoxy) is 2. The van der Waals surface area contributed by atoms with Gasteiger partial charge in [0.15, 0.2) is 0 Å². The van der Waals surface area contributed by atoms with Gasteiger partial charge in [-0.2, -0.15) is 0 Å². The van der Waals surface area contributed by atoms with Crippen molar-refractivity contribution in [2.75, 3.05) is 18.5 Å². The van der Waals surface area contributed by atoms with Gasteiger partial charge >= 0.3 is 0 Å². The van der Waals surface area contributed by atoms with E-state index in [2.05, 4.69) is 50.4 Å². The van der Waals surface area contributed by atoms with Crippen molar-refractivity contribution < 1.29 is 9.47 Å². The van der Waals surface area contributed by atoms with E-state index < -0.39 is 0 Å². The van der Waals surface area contributed by atoms with Gasteiger partial charge in [0.2, 0.25) is 0 Å². The Morgan fingerprint density at radius 1 is 0.960 bits per heavy atom. The molecule has 0 aliphatic rings. The quantitative estimate of drug-likeness (QED) is 0.521. The van der Waals surface area contributed by atoms with Crippen LogP contribution in [-0.2, 0) is 0 Å². The van der Waals surface area contributed by atoms with Gasteiger partial charge in [-0.15, -0.1) is 0 Å². The summed E-state index contributed by atoms with van der Waals surface area (Å²) in [5.74, 6) is 1.85. The zero-order valence-corrected chi connectivity index (χ0v) is 15.8. The first-order valence-electron chi connectivity index (χ1n) is 9.37. The summed E-state index contributed by atoms with van der Waals surface area (Å²) in [5.41, 5.74) is 2.29. The molecule has 0 amide bonds. The lowest BCUT2D eigenvalue weighted by atomic mass is 10.2. The zero-order chi connectivity index (χ0) is 17.9. The van der Waals surface area contributed by atoms with Gasteiger partial charge in [-0.25, -0.2) is 0 Å². The molecule has 0 aliphatic carbocycles. The van der Waals surface area contributed by atoms with E-state index in [0.29, 0.717) is 0 Å². The van der Waals surface area contributed by atoms with Gasteiger partial charge in [-0.1, -0.05) is 38.3 Å². The van der Waals surface area contributed by atoms with Crippen LogP contribution in [0.5, 0.6) is 11.5 Å². The normalized spacial score (nSPS) is 11.8. The van der Waals surface area contributed by atoms with Crippen LogP contribution in [0.1, 0.15) is 45.1 Å². The summed E-state index contributed by atoms with van der Waals surface area (Å²) in [5, 5.41) is 3.41. The van der Waals surface area contributed by atoms with Crippen LogP contribution >= 0.6 is 0 Å². The smallest absolute Gasteiger partial charge is 0.120 e. The van der Waals surface area contributed by atoms with E-state index in [4.69, 9.17) is 9.47 Å². The Bertz CT molecular complexity index is 610. The molecule has 0 saturated heterocycles. The van der Waals surface area contributed by atoms with Gasteiger partial charge in [-0.05, 0) is 62.2 Å². The largest absolute Gasteiger partial charge is 0.494 e. The van der Waals surface area contributed by atoms with Crippen LogP contribution in [0, 0.1) is 6.92 Å². The number of aryl methyl sites for hydroxylation is 1. The van der Waals surface area contributed by atoms with E-state index in [0.717, 1.165) is 36.8 Å². The lowest BCUT2D eigenvalue weighted by Crippen LogP contribution is -2.22. The SMILES string of the molecule is CCCCCCOc1ccc(NCC(C)Oc2cccc(C)c2)cc1. The maximum absolute atomic E-state index is 5.94. The van der Waals surface area contributed by atoms with E-state index >= 15 is 0 Å². The molecule has 0 bridgehead atoms. The molecule has 3 nitrogen and oxygen atoms in total. The highest BCUT2D eigenvalue weighted by molar-refractivity contribution is 5.46. The molecular formula is C22H31NO2. The number of anilines is 1. The lowest BCUT2D eigenvalue weighted by Gasteiger charge is -2.16. The maximum atomic E-state index is 5.94. The molecule has 2 aromatic carbocycles. The zero-order valence-electron chi connectivity index (χ0n) is 15.8. The fraction of sp³-hybridized carbons (Fsp3) is 0.455. The summed E-state index contributed by atoms with van der Waals surface area (Å²) in [4.78, 5) is 0. The van der Waals surface area contributed by atoms with E-state index in [9.17, 15) is 0 Å². The van der Waals surface area contributed by atoms with Crippen LogP contribution in [0.15, 0.2) is 48.5 Å². The second kappa shape index (κ2) is 10.7. The van der Waals surface area contributed by atoms with E-state index in [1.54, 1.807) is 0 Å². The Kier molecular flexibility index (Phi) is 8.17. The Labute approximate surface area is 152 Å². The average Bonchev–Trinajstić information content (AvgIpc) is 2.61. The molecule has 3 heteroatoms. The number of benzene rings is 2. The molecule has 2 aromatic rings. The summed E-state index contributed by atoms with van der Waals surface area (Å²) in [6, 6.07) is 16.3. The van der Waals surface area contributed by atoms with Crippen molar-refractivity contribution in [3.05, 3.63) is 54.1 Å². The van der Waals surface area contributed by atoms with Crippen molar-refractivity contribution in [2.45, 2.75) is 52.6 Å². The predicted octanol–water partition coefficient (Wildman–Crippen LogP) is 5.83. The van der Waals surface area contributed by atoms with E-state index in [1.165, 1.54) is 24.8 Å². The van der Waals surface area contributed by atoms with Crippen LogP contribution in [-0.4, -0.2) is 19.3 Å². The van der Waals surface area contributed by atoms with Crippen LogP contribution < -0.4 is 14.8 Å². The molecule has 2 rings (SSSR count). The molecular weight excluding hydrogens is 310 g/mol. The highest BCUT2D eigenvalue weighted by Gasteiger charge is 2.04. The molecule has 0 aliphatic heterocycles. The molecule has 0 spiro atoms. The molecule has 1 atom stereocenters. The highest BCUT2D eigenvalue weighted by atomic mass is 16.5. The molecule has 136 valence electrons. The van der Waals surface area contributed by atoms with Crippen molar-refractivity contribution >= 4 is 5.69 Å². The fourth-order valence-electron chi connectivity index (χ4n) is 2.61. The Hall–Kier alpha value is -2.16. The topological polar surface area (TPSA) is 30.5 Å².